The summed E-state index contributed by atoms with van der Waals surface area (Å²) in [4.78, 5) is 0. The third kappa shape index (κ3) is 4.34. The van der Waals surface area contributed by atoms with Crippen LogP contribution < -0.4 is 10.7 Å². The SMILES string of the molecule is CCNC(=S)NN=Cc1cn(-c2ccccc2)nc1-c1ccc(C)cc1. The van der Waals surface area contributed by atoms with Gasteiger partial charge < -0.3 is 5.32 Å². The van der Waals surface area contributed by atoms with Crippen molar-refractivity contribution in [3.05, 3.63) is 71.9 Å². The van der Waals surface area contributed by atoms with Gasteiger partial charge in [0.05, 0.1) is 11.9 Å². The molecule has 5 nitrogen and oxygen atoms in total. The number of thiocarbonyl (C=S) groups is 1. The minimum absolute atomic E-state index is 0.496. The molecule has 0 saturated heterocycles. The Morgan fingerprint density at radius 1 is 1.15 bits per heavy atom. The molecule has 6 heteroatoms. The van der Waals surface area contributed by atoms with Gasteiger partial charge in [-0.25, -0.2) is 4.68 Å². The van der Waals surface area contributed by atoms with Crippen LogP contribution in [-0.4, -0.2) is 27.7 Å². The van der Waals surface area contributed by atoms with Crippen molar-refractivity contribution < 1.29 is 0 Å². The lowest BCUT2D eigenvalue weighted by molar-refractivity contribution is 0.884. The molecule has 0 atom stereocenters. The molecule has 3 rings (SSSR count). The highest BCUT2D eigenvalue weighted by molar-refractivity contribution is 7.80. The predicted octanol–water partition coefficient (Wildman–Crippen LogP) is 3.67. The lowest BCUT2D eigenvalue weighted by Gasteiger charge is -2.03. The van der Waals surface area contributed by atoms with E-state index in [1.54, 1.807) is 6.21 Å². The molecule has 2 N–H and O–H groups in total. The quantitative estimate of drug-likeness (QED) is 0.413. The second-order valence-electron chi connectivity index (χ2n) is 5.81. The number of rotatable bonds is 5. The van der Waals surface area contributed by atoms with Gasteiger partial charge in [0.2, 0.25) is 0 Å². The van der Waals surface area contributed by atoms with E-state index in [0.717, 1.165) is 29.1 Å². The molecular weight excluding hydrogens is 342 g/mol. The van der Waals surface area contributed by atoms with Gasteiger partial charge in [-0.15, -0.1) is 0 Å². The summed E-state index contributed by atoms with van der Waals surface area (Å²) in [5.74, 6) is 0. The van der Waals surface area contributed by atoms with Crippen molar-refractivity contribution in [2.24, 2.45) is 5.10 Å². The summed E-state index contributed by atoms with van der Waals surface area (Å²) in [5.41, 5.74) is 7.85. The summed E-state index contributed by atoms with van der Waals surface area (Å²) in [5, 5.41) is 12.5. The number of nitrogens with one attached hydrogen (secondary N) is 2. The van der Waals surface area contributed by atoms with E-state index < -0.39 is 0 Å². The van der Waals surface area contributed by atoms with E-state index in [-0.39, 0.29) is 0 Å². The maximum absolute atomic E-state index is 5.13. The average molecular weight is 363 g/mol. The Kier molecular flexibility index (Phi) is 5.76. The van der Waals surface area contributed by atoms with E-state index in [1.807, 2.05) is 48.1 Å². The number of para-hydroxylation sites is 1. The van der Waals surface area contributed by atoms with Crippen molar-refractivity contribution in [1.82, 2.24) is 20.5 Å². The van der Waals surface area contributed by atoms with E-state index in [4.69, 9.17) is 17.3 Å². The first kappa shape index (κ1) is 17.8. The van der Waals surface area contributed by atoms with Gasteiger partial charge in [-0.1, -0.05) is 48.0 Å². The van der Waals surface area contributed by atoms with Crippen molar-refractivity contribution in [3.8, 4) is 16.9 Å². The number of hydrogen-bond donors (Lipinski definition) is 2. The van der Waals surface area contributed by atoms with Crippen LogP contribution in [-0.2, 0) is 0 Å². The number of aryl methyl sites for hydroxylation is 1. The number of benzene rings is 2. The second-order valence-corrected chi connectivity index (χ2v) is 6.22. The highest BCUT2D eigenvalue weighted by atomic mass is 32.1. The maximum Gasteiger partial charge on any atom is 0.186 e. The van der Waals surface area contributed by atoms with E-state index in [9.17, 15) is 0 Å². The minimum Gasteiger partial charge on any atom is -0.362 e. The van der Waals surface area contributed by atoms with Crippen molar-refractivity contribution in [2.75, 3.05) is 6.54 Å². The molecule has 0 aliphatic heterocycles. The molecule has 0 saturated carbocycles. The molecule has 0 unspecified atom stereocenters. The molecule has 2 aromatic carbocycles. The lowest BCUT2D eigenvalue weighted by atomic mass is 10.1. The van der Waals surface area contributed by atoms with Crippen LogP contribution in [0, 0.1) is 6.92 Å². The van der Waals surface area contributed by atoms with Gasteiger partial charge in [0.15, 0.2) is 5.11 Å². The largest absolute Gasteiger partial charge is 0.362 e. The van der Waals surface area contributed by atoms with Crippen LogP contribution in [0.15, 0.2) is 65.9 Å². The summed E-state index contributed by atoms with van der Waals surface area (Å²) in [7, 11) is 0. The molecular formula is C20H21N5S. The van der Waals surface area contributed by atoms with Gasteiger partial charge in [0, 0.05) is 23.9 Å². The smallest absolute Gasteiger partial charge is 0.186 e. The zero-order valence-electron chi connectivity index (χ0n) is 14.8. The number of hydrogen-bond acceptors (Lipinski definition) is 3. The molecule has 0 radical (unpaired) electrons. The van der Waals surface area contributed by atoms with Crippen molar-refractivity contribution in [1.29, 1.82) is 0 Å². The van der Waals surface area contributed by atoms with Crippen LogP contribution >= 0.6 is 12.2 Å². The van der Waals surface area contributed by atoms with Crippen LogP contribution in [0.1, 0.15) is 18.1 Å². The maximum atomic E-state index is 5.13. The Labute approximate surface area is 158 Å². The Balaban J connectivity index is 1.95. The summed E-state index contributed by atoms with van der Waals surface area (Å²) in [6.07, 6.45) is 3.71. The van der Waals surface area contributed by atoms with Crippen LogP contribution in [0.3, 0.4) is 0 Å². The Bertz CT molecular complexity index is 898. The molecule has 132 valence electrons. The third-order valence-corrected chi connectivity index (χ3v) is 4.03. The fourth-order valence-corrected chi connectivity index (χ4v) is 2.69. The highest BCUT2D eigenvalue weighted by Gasteiger charge is 2.11. The van der Waals surface area contributed by atoms with Gasteiger partial charge in [0.1, 0.15) is 5.69 Å². The molecule has 0 aliphatic carbocycles. The molecule has 0 fully saturated rings. The zero-order valence-corrected chi connectivity index (χ0v) is 15.6. The molecule has 3 aromatic rings. The monoisotopic (exact) mass is 363 g/mol. The molecule has 26 heavy (non-hydrogen) atoms. The molecule has 0 aliphatic rings. The van der Waals surface area contributed by atoms with Crippen LogP contribution in [0.4, 0.5) is 0 Å². The summed E-state index contributed by atoms with van der Waals surface area (Å²) in [6, 6.07) is 18.3. The summed E-state index contributed by atoms with van der Waals surface area (Å²) in [6.45, 7) is 4.80. The summed E-state index contributed by atoms with van der Waals surface area (Å²) < 4.78 is 1.86. The normalized spacial score (nSPS) is 10.8. The van der Waals surface area contributed by atoms with E-state index in [1.165, 1.54) is 5.56 Å². The lowest BCUT2D eigenvalue weighted by Crippen LogP contribution is -2.31. The van der Waals surface area contributed by atoms with E-state index >= 15 is 0 Å². The van der Waals surface area contributed by atoms with Crippen LogP contribution in [0.2, 0.25) is 0 Å². The standard InChI is InChI=1S/C20H21N5S/c1-3-21-20(26)23-22-13-17-14-25(18-7-5-4-6-8-18)24-19(17)16-11-9-15(2)10-12-16/h4-14H,3H2,1-2H3,(H2,21,23,26). The first-order valence-electron chi connectivity index (χ1n) is 8.46. The van der Waals surface area contributed by atoms with Gasteiger partial charge in [-0.05, 0) is 38.2 Å². The number of hydrazone groups is 1. The van der Waals surface area contributed by atoms with Crippen LogP contribution in [0.25, 0.3) is 16.9 Å². The zero-order chi connectivity index (χ0) is 18.4. The van der Waals surface area contributed by atoms with Gasteiger partial charge >= 0.3 is 0 Å². The van der Waals surface area contributed by atoms with Crippen molar-refractivity contribution in [3.63, 3.8) is 0 Å². The molecule has 0 spiro atoms. The second kappa shape index (κ2) is 8.40. The first-order chi connectivity index (χ1) is 12.7. The topological polar surface area (TPSA) is 54.2 Å². The van der Waals surface area contributed by atoms with E-state index in [2.05, 4.69) is 47.0 Å². The Hall–Kier alpha value is -2.99. The Morgan fingerprint density at radius 3 is 2.58 bits per heavy atom. The van der Waals surface area contributed by atoms with E-state index in [0.29, 0.717) is 5.11 Å². The predicted molar refractivity (Wildman–Crippen MR) is 111 cm³/mol. The molecule has 0 bridgehead atoms. The number of nitrogens with zero attached hydrogens (tertiary/aromatic N) is 3. The highest BCUT2D eigenvalue weighted by Crippen LogP contribution is 2.23. The fourth-order valence-electron chi connectivity index (χ4n) is 2.49. The average Bonchev–Trinajstić information content (AvgIpc) is 3.07. The molecule has 1 heterocycles. The van der Waals surface area contributed by atoms with Gasteiger partial charge in [-0.3, -0.25) is 5.43 Å². The fraction of sp³-hybridized carbons (Fsp3) is 0.150. The third-order valence-electron chi connectivity index (χ3n) is 3.80. The van der Waals surface area contributed by atoms with Gasteiger partial charge in [0.25, 0.3) is 0 Å². The van der Waals surface area contributed by atoms with Crippen molar-refractivity contribution >= 4 is 23.5 Å². The minimum atomic E-state index is 0.496. The summed E-state index contributed by atoms with van der Waals surface area (Å²) >= 11 is 5.13. The van der Waals surface area contributed by atoms with Crippen molar-refractivity contribution in [2.45, 2.75) is 13.8 Å². The Morgan fingerprint density at radius 2 is 1.88 bits per heavy atom. The number of aromatic nitrogens is 2. The molecule has 0 amide bonds. The molecule has 1 aromatic heterocycles. The first-order valence-corrected chi connectivity index (χ1v) is 8.87. The van der Waals surface area contributed by atoms with Crippen LogP contribution in [0.5, 0.6) is 0 Å². The van der Waals surface area contributed by atoms with Gasteiger partial charge in [-0.2, -0.15) is 10.2 Å².